The first kappa shape index (κ1) is 13.9. The first-order chi connectivity index (χ1) is 7.98. The van der Waals surface area contributed by atoms with E-state index in [1.807, 2.05) is 6.92 Å². The first-order valence-electron chi connectivity index (χ1n) is 5.76. The van der Waals surface area contributed by atoms with E-state index >= 15 is 0 Å². The molecule has 1 rings (SSSR count). The van der Waals surface area contributed by atoms with Gasteiger partial charge in [0.2, 0.25) is 0 Å². The minimum atomic E-state index is -0.856. The molecule has 96 valence electrons. The Balaban J connectivity index is 2.76. The van der Waals surface area contributed by atoms with Gasteiger partial charge in [-0.1, -0.05) is 6.92 Å². The van der Waals surface area contributed by atoms with Gasteiger partial charge in [-0.25, -0.2) is 4.39 Å². The van der Waals surface area contributed by atoms with Crippen molar-refractivity contribution in [3.05, 3.63) is 29.6 Å². The van der Waals surface area contributed by atoms with Gasteiger partial charge in [-0.2, -0.15) is 0 Å². The molecule has 17 heavy (non-hydrogen) atoms. The molecule has 3 nitrogen and oxygen atoms in total. The first-order valence-corrected chi connectivity index (χ1v) is 5.76. The standard InChI is InChI=1S/C13H20FNO2/c1-4-13(2,16)9-17-12-6-5-11(14)7-10(12)8-15-3/h5-7,15-16H,4,8-9H2,1-3H3. The summed E-state index contributed by atoms with van der Waals surface area (Å²) in [6.07, 6.45) is 0.607. The Morgan fingerprint density at radius 1 is 1.47 bits per heavy atom. The van der Waals surface area contributed by atoms with Crippen molar-refractivity contribution < 1.29 is 14.2 Å². The fourth-order valence-electron chi connectivity index (χ4n) is 1.35. The normalized spacial score (nSPS) is 14.4. The van der Waals surface area contributed by atoms with Crippen LogP contribution >= 0.6 is 0 Å². The molecule has 1 aromatic rings. The van der Waals surface area contributed by atoms with Crippen LogP contribution in [0, 0.1) is 5.82 Å². The fraction of sp³-hybridized carbons (Fsp3) is 0.538. The molecule has 0 bridgehead atoms. The summed E-state index contributed by atoms with van der Waals surface area (Å²) in [4.78, 5) is 0. The lowest BCUT2D eigenvalue weighted by atomic mass is 10.1. The van der Waals surface area contributed by atoms with E-state index in [0.717, 1.165) is 5.56 Å². The highest BCUT2D eigenvalue weighted by molar-refractivity contribution is 5.34. The monoisotopic (exact) mass is 241 g/mol. The Bertz CT molecular complexity index is 366. The molecule has 0 aliphatic rings. The molecule has 0 aliphatic heterocycles. The summed E-state index contributed by atoms with van der Waals surface area (Å²) in [7, 11) is 1.79. The number of benzene rings is 1. The molecule has 0 saturated heterocycles. The molecule has 1 unspecified atom stereocenters. The van der Waals surface area contributed by atoms with E-state index in [1.54, 1.807) is 20.0 Å². The molecular formula is C13H20FNO2. The molecule has 0 aromatic heterocycles. The van der Waals surface area contributed by atoms with Crippen LogP contribution in [0.1, 0.15) is 25.8 Å². The molecule has 0 fully saturated rings. The summed E-state index contributed by atoms with van der Waals surface area (Å²) in [6.45, 7) is 4.34. The van der Waals surface area contributed by atoms with E-state index in [2.05, 4.69) is 5.32 Å². The van der Waals surface area contributed by atoms with Gasteiger partial charge in [-0.15, -0.1) is 0 Å². The summed E-state index contributed by atoms with van der Waals surface area (Å²) in [5.74, 6) is 0.319. The quantitative estimate of drug-likeness (QED) is 0.801. The molecule has 0 radical (unpaired) electrons. The smallest absolute Gasteiger partial charge is 0.124 e. The topological polar surface area (TPSA) is 41.5 Å². The molecule has 0 spiro atoms. The zero-order chi connectivity index (χ0) is 12.9. The Hall–Kier alpha value is -1.13. The SMILES string of the molecule is CCC(C)(O)COc1ccc(F)cc1CNC. The van der Waals surface area contributed by atoms with Crippen molar-refractivity contribution >= 4 is 0 Å². The van der Waals surface area contributed by atoms with Crippen LogP contribution in [0.3, 0.4) is 0 Å². The summed E-state index contributed by atoms with van der Waals surface area (Å²) < 4.78 is 18.6. The second-order valence-corrected chi connectivity index (χ2v) is 4.42. The van der Waals surface area contributed by atoms with Gasteiger partial charge < -0.3 is 15.2 Å². The van der Waals surface area contributed by atoms with Gasteiger partial charge in [-0.05, 0) is 38.6 Å². The molecule has 0 amide bonds. The minimum Gasteiger partial charge on any atom is -0.490 e. The molecule has 0 saturated carbocycles. The van der Waals surface area contributed by atoms with Crippen molar-refractivity contribution in [2.24, 2.45) is 0 Å². The van der Waals surface area contributed by atoms with E-state index in [-0.39, 0.29) is 12.4 Å². The zero-order valence-corrected chi connectivity index (χ0v) is 10.6. The zero-order valence-electron chi connectivity index (χ0n) is 10.6. The number of rotatable bonds is 6. The van der Waals surface area contributed by atoms with Crippen LogP contribution in [0.4, 0.5) is 4.39 Å². The second-order valence-electron chi connectivity index (χ2n) is 4.42. The third kappa shape index (κ3) is 4.32. The largest absolute Gasteiger partial charge is 0.490 e. The van der Waals surface area contributed by atoms with Gasteiger partial charge in [0.1, 0.15) is 18.2 Å². The Morgan fingerprint density at radius 3 is 2.76 bits per heavy atom. The maximum atomic E-state index is 13.1. The molecule has 0 aliphatic carbocycles. The Morgan fingerprint density at radius 2 is 2.18 bits per heavy atom. The molecule has 0 heterocycles. The van der Waals surface area contributed by atoms with Gasteiger partial charge in [-0.3, -0.25) is 0 Å². The third-order valence-corrected chi connectivity index (χ3v) is 2.69. The number of hydrogen-bond donors (Lipinski definition) is 2. The number of halogens is 1. The van der Waals surface area contributed by atoms with Gasteiger partial charge in [0, 0.05) is 12.1 Å². The second kappa shape index (κ2) is 5.98. The lowest BCUT2D eigenvalue weighted by molar-refractivity contribution is 0.00815. The van der Waals surface area contributed by atoms with Gasteiger partial charge in [0.05, 0.1) is 5.60 Å². The molecular weight excluding hydrogens is 221 g/mol. The molecule has 1 aromatic carbocycles. The van der Waals surface area contributed by atoms with Crippen molar-refractivity contribution in [2.45, 2.75) is 32.4 Å². The predicted molar refractivity (Wildman–Crippen MR) is 65.6 cm³/mol. The highest BCUT2D eigenvalue weighted by Crippen LogP contribution is 2.21. The van der Waals surface area contributed by atoms with E-state index in [0.29, 0.717) is 18.7 Å². The highest BCUT2D eigenvalue weighted by Gasteiger charge is 2.19. The predicted octanol–water partition coefficient (Wildman–Crippen LogP) is 2.08. The van der Waals surface area contributed by atoms with E-state index in [4.69, 9.17) is 4.74 Å². The van der Waals surface area contributed by atoms with Gasteiger partial charge >= 0.3 is 0 Å². The summed E-state index contributed by atoms with van der Waals surface area (Å²) in [5, 5.41) is 12.8. The van der Waals surface area contributed by atoms with Crippen molar-refractivity contribution in [2.75, 3.05) is 13.7 Å². The molecule has 1 atom stereocenters. The van der Waals surface area contributed by atoms with Crippen LogP contribution in [-0.2, 0) is 6.54 Å². The highest BCUT2D eigenvalue weighted by atomic mass is 19.1. The van der Waals surface area contributed by atoms with Crippen molar-refractivity contribution in [3.63, 3.8) is 0 Å². The Labute approximate surface area is 102 Å². The number of nitrogens with one attached hydrogen (secondary N) is 1. The van der Waals surface area contributed by atoms with Crippen molar-refractivity contribution in [1.29, 1.82) is 0 Å². The lowest BCUT2D eigenvalue weighted by Gasteiger charge is -2.22. The van der Waals surface area contributed by atoms with Crippen LogP contribution in [0.15, 0.2) is 18.2 Å². The van der Waals surface area contributed by atoms with Crippen LogP contribution in [0.2, 0.25) is 0 Å². The summed E-state index contributed by atoms with van der Waals surface area (Å²) >= 11 is 0. The van der Waals surface area contributed by atoms with Gasteiger partial charge in [0.25, 0.3) is 0 Å². The van der Waals surface area contributed by atoms with Gasteiger partial charge in [0.15, 0.2) is 0 Å². The number of aliphatic hydroxyl groups is 1. The van der Waals surface area contributed by atoms with E-state index in [1.165, 1.54) is 12.1 Å². The van der Waals surface area contributed by atoms with E-state index < -0.39 is 5.60 Å². The van der Waals surface area contributed by atoms with Crippen LogP contribution in [-0.4, -0.2) is 24.4 Å². The van der Waals surface area contributed by atoms with Crippen molar-refractivity contribution in [1.82, 2.24) is 5.32 Å². The van der Waals surface area contributed by atoms with Crippen LogP contribution in [0.25, 0.3) is 0 Å². The summed E-state index contributed by atoms with van der Waals surface area (Å²) in [6, 6.07) is 4.38. The lowest BCUT2D eigenvalue weighted by Crippen LogP contribution is -2.31. The third-order valence-electron chi connectivity index (χ3n) is 2.69. The average Bonchev–Trinajstić information content (AvgIpc) is 2.28. The number of hydrogen-bond acceptors (Lipinski definition) is 3. The van der Waals surface area contributed by atoms with E-state index in [9.17, 15) is 9.50 Å². The molecule has 2 N–H and O–H groups in total. The van der Waals surface area contributed by atoms with Crippen molar-refractivity contribution in [3.8, 4) is 5.75 Å². The average molecular weight is 241 g/mol. The maximum absolute atomic E-state index is 13.1. The van der Waals surface area contributed by atoms with Crippen LogP contribution in [0.5, 0.6) is 5.75 Å². The molecule has 4 heteroatoms. The minimum absolute atomic E-state index is 0.200. The number of ether oxygens (including phenoxy) is 1. The summed E-state index contributed by atoms with van der Waals surface area (Å²) in [5.41, 5.74) is -0.106. The Kier molecular flexibility index (Phi) is 4.90. The fourth-order valence-corrected chi connectivity index (χ4v) is 1.35. The maximum Gasteiger partial charge on any atom is 0.124 e. The van der Waals surface area contributed by atoms with Crippen LogP contribution < -0.4 is 10.1 Å².